The number of H-pyrrole nitrogens is 1. The summed E-state index contributed by atoms with van der Waals surface area (Å²) < 4.78 is 0. The van der Waals surface area contributed by atoms with Gasteiger partial charge in [0.1, 0.15) is 0 Å². The van der Waals surface area contributed by atoms with Gasteiger partial charge in [-0.15, -0.1) is 0 Å². The molecule has 3 aromatic rings. The molecule has 0 fully saturated rings. The Balaban J connectivity index is 0.000000562. The van der Waals surface area contributed by atoms with Crippen molar-refractivity contribution in [1.29, 1.82) is 0 Å². The topological polar surface area (TPSA) is 50.8 Å². The Labute approximate surface area is 90.5 Å². The molecule has 1 heterocycles. The van der Waals surface area contributed by atoms with Crippen LogP contribution in [0.3, 0.4) is 0 Å². The highest BCUT2D eigenvalue weighted by atomic mass is 14.7. The Kier molecular flexibility index (Phi) is 3.17. The molecule has 0 saturated carbocycles. The molecule has 3 rings (SSSR count). The normalized spacial score (nSPS) is 9.60. The summed E-state index contributed by atoms with van der Waals surface area (Å²) in [5.74, 6) is 0. The number of rotatable bonds is 0. The monoisotopic (exact) mass is 195 g/mol. The van der Waals surface area contributed by atoms with Gasteiger partial charge >= 0.3 is 0 Å². The minimum absolute atomic E-state index is 0. The average Bonchev–Trinajstić information content (AvgIpc) is 2.56. The van der Waals surface area contributed by atoms with Crippen LogP contribution in [0.25, 0.3) is 21.8 Å². The third-order valence-corrected chi connectivity index (χ3v) is 2.41. The third-order valence-electron chi connectivity index (χ3n) is 2.41. The predicted octanol–water partition coefficient (Wildman–Crippen LogP) is 3.10. The van der Waals surface area contributed by atoms with Gasteiger partial charge < -0.3 is 11.1 Å². The summed E-state index contributed by atoms with van der Waals surface area (Å²) in [4.78, 5) is 3.38. The molecular weight excluding hydrogens is 183 g/mol. The second kappa shape index (κ2) is 4.19. The van der Waals surface area contributed by atoms with Crippen molar-refractivity contribution in [2.24, 2.45) is 0 Å². The molecule has 0 bridgehead atoms. The molecule has 3 radical (unpaired) electrons. The molecule has 0 spiro atoms. The molecule has 15 heavy (non-hydrogen) atoms. The first-order valence-corrected chi connectivity index (χ1v) is 4.40. The third kappa shape index (κ3) is 1.62. The highest BCUT2D eigenvalue weighted by molar-refractivity contribution is 6.06. The van der Waals surface area contributed by atoms with E-state index in [4.69, 9.17) is 0 Å². The van der Waals surface area contributed by atoms with Crippen molar-refractivity contribution in [3.63, 3.8) is 0 Å². The molecule has 0 aliphatic heterocycles. The van der Waals surface area contributed by atoms with Crippen LogP contribution in [0.5, 0.6) is 0 Å². The molecule has 0 aliphatic rings. The number of aromatic nitrogens is 1. The van der Waals surface area contributed by atoms with Gasteiger partial charge in [-0.2, -0.15) is 0 Å². The molecule has 0 atom stereocenters. The van der Waals surface area contributed by atoms with Gasteiger partial charge in [-0.3, -0.25) is 0 Å². The summed E-state index contributed by atoms with van der Waals surface area (Å²) >= 11 is 0. The molecule has 1 aromatic heterocycles. The molecule has 73 valence electrons. The van der Waals surface area contributed by atoms with Gasteiger partial charge in [0.2, 0.25) is 0 Å². The van der Waals surface area contributed by atoms with Gasteiger partial charge in [-0.25, -0.2) is 0 Å². The molecule has 2 nitrogen and oxygen atoms in total. The van der Waals surface area contributed by atoms with E-state index in [0.29, 0.717) is 0 Å². The van der Waals surface area contributed by atoms with E-state index in [1.54, 1.807) is 0 Å². The first-order valence-electron chi connectivity index (χ1n) is 4.40. The SMILES string of the molecule is N.[B].c1ccc2c(c1)[nH]c1ccccc12. The van der Waals surface area contributed by atoms with Crippen LogP contribution in [0.15, 0.2) is 48.5 Å². The molecule has 0 saturated heterocycles. The molecule has 3 heteroatoms. The summed E-state index contributed by atoms with van der Waals surface area (Å²) in [6.07, 6.45) is 0. The lowest BCUT2D eigenvalue weighted by Gasteiger charge is -1.87. The van der Waals surface area contributed by atoms with Crippen LogP contribution in [0.4, 0.5) is 0 Å². The van der Waals surface area contributed by atoms with Gasteiger partial charge in [0.05, 0.1) is 0 Å². The lowest BCUT2D eigenvalue weighted by Crippen LogP contribution is -1.62. The van der Waals surface area contributed by atoms with Gasteiger partial charge in [0.15, 0.2) is 0 Å². The first-order chi connectivity index (χ1) is 6.45. The minimum Gasteiger partial charge on any atom is -0.355 e. The summed E-state index contributed by atoms with van der Waals surface area (Å²) in [6, 6.07) is 16.8. The summed E-state index contributed by atoms with van der Waals surface area (Å²) in [7, 11) is 0. The maximum atomic E-state index is 3.38. The van der Waals surface area contributed by atoms with E-state index < -0.39 is 0 Å². The maximum Gasteiger partial charge on any atom is 0.0464 e. The number of nitrogens with one attached hydrogen (secondary N) is 1. The molecule has 2 aromatic carbocycles. The van der Waals surface area contributed by atoms with Gasteiger partial charge in [-0.05, 0) is 12.1 Å². The maximum absolute atomic E-state index is 3.38. The average molecular weight is 195 g/mol. The van der Waals surface area contributed by atoms with Crippen molar-refractivity contribution < 1.29 is 0 Å². The van der Waals surface area contributed by atoms with Crippen molar-refractivity contribution in [2.45, 2.75) is 0 Å². The zero-order chi connectivity index (χ0) is 8.67. The van der Waals surface area contributed by atoms with Crippen LogP contribution >= 0.6 is 0 Å². The quantitative estimate of drug-likeness (QED) is 0.532. The van der Waals surface area contributed by atoms with Crippen LogP contribution in [0, 0.1) is 0 Å². The van der Waals surface area contributed by atoms with Crippen molar-refractivity contribution in [3.05, 3.63) is 48.5 Å². The number of aromatic amines is 1. The number of hydrogen-bond donors (Lipinski definition) is 2. The van der Waals surface area contributed by atoms with E-state index >= 15 is 0 Å². The van der Waals surface area contributed by atoms with E-state index in [2.05, 4.69) is 53.5 Å². The number of para-hydroxylation sites is 2. The highest BCUT2D eigenvalue weighted by Crippen LogP contribution is 2.24. The van der Waals surface area contributed by atoms with E-state index in [-0.39, 0.29) is 14.6 Å². The van der Waals surface area contributed by atoms with E-state index in [1.807, 2.05) is 0 Å². The van der Waals surface area contributed by atoms with E-state index in [1.165, 1.54) is 21.8 Å². The lowest BCUT2D eigenvalue weighted by molar-refractivity contribution is 1.55. The fourth-order valence-corrected chi connectivity index (χ4v) is 1.80. The summed E-state index contributed by atoms with van der Waals surface area (Å²) in [5.41, 5.74) is 2.42. The van der Waals surface area contributed by atoms with Crippen LogP contribution in [0.2, 0.25) is 0 Å². The second-order valence-electron chi connectivity index (χ2n) is 3.22. The zero-order valence-electron chi connectivity index (χ0n) is 8.40. The standard InChI is InChI=1S/C12H9N.B.H3N/c1-3-7-11-9(5-1)10-6-2-4-8-12(10)13-11;;/h1-8,13H;;1H3. The fourth-order valence-electron chi connectivity index (χ4n) is 1.80. The minimum atomic E-state index is 0. The smallest absolute Gasteiger partial charge is 0.0464 e. The number of fused-ring (bicyclic) bond motifs is 3. The predicted molar refractivity (Wildman–Crippen MR) is 66.6 cm³/mol. The largest absolute Gasteiger partial charge is 0.355 e. The van der Waals surface area contributed by atoms with Crippen LogP contribution in [-0.4, -0.2) is 13.4 Å². The Hall–Kier alpha value is -1.74. The van der Waals surface area contributed by atoms with Gasteiger partial charge in [0, 0.05) is 30.2 Å². The van der Waals surface area contributed by atoms with Crippen LogP contribution < -0.4 is 6.15 Å². The van der Waals surface area contributed by atoms with E-state index in [9.17, 15) is 0 Å². The van der Waals surface area contributed by atoms with Crippen molar-refractivity contribution >= 4 is 30.2 Å². The van der Waals surface area contributed by atoms with Crippen LogP contribution in [-0.2, 0) is 0 Å². The lowest BCUT2D eigenvalue weighted by atomic mass is 10.2. The molecular formula is C12H12BN2. The molecule has 0 unspecified atom stereocenters. The summed E-state index contributed by atoms with van der Waals surface area (Å²) in [6.45, 7) is 0. The Morgan fingerprint density at radius 2 is 1.07 bits per heavy atom. The van der Waals surface area contributed by atoms with Gasteiger partial charge in [0.25, 0.3) is 0 Å². The highest BCUT2D eigenvalue weighted by Gasteiger charge is 2.00. The Bertz CT molecular complexity index is 521. The van der Waals surface area contributed by atoms with Crippen molar-refractivity contribution in [3.8, 4) is 0 Å². The fraction of sp³-hybridized carbons (Fsp3) is 0. The van der Waals surface area contributed by atoms with E-state index in [0.717, 1.165) is 0 Å². The molecule has 0 aliphatic carbocycles. The zero-order valence-corrected chi connectivity index (χ0v) is 8.40. The second-order valence-corrected chi connectivity index (χ2v) is 3.22. The van der Waals surface area contributed by atoms with Crippen molar-refractivity contribution in [1.82, 2.24) is 11.1 Å². The van der Waals surface area contributed by atoms with Gasteiger partial charge in [-0.1, -0.05) is 36.4 Å². The Morgan fingerprint density at radius 1 is 0.667 bits per heavy atom. The molecule has 0 amide bonds. The van der Waals surface area contributed by atoms with Crippen LogP contribution in [0.1, 0.15) is 0 Å². The number of hydrogen-bond acceptors (Lipinski definition) is 1. The van der Waals surface area contributed by atoms with Crippen molar-refractivity contribution in [2.75, 3.05) is 0 Å². The first kappa shape index (κ1) is 11.3. The summed E-state index contributed by atoms with van der Waals surface area (Å²) in [5, 5.41) is 2.61. The molecule has 4 N–H and O–H groups in total. The Morgan fingerprint density at radius 3 is 1.53 bits per heavy atom. The number of benzene rings is 2.